The van der Waals surface area contributed by atoms with Crippen LogP contribution in [-0.4, -0.2) is 53.2 Å². The van der Waals surface area contributed by atoms with Crippen molar-refractivity contribution in [3.05, 3.63) is 48.0 Å². The van der Waals surface area contributed by atoms with Crippen LogP contribution in [-0.2, 0) is 24.3 Å². The summed E-state index contributed by atoms with van der Waals surface area (Å²) in [5, 5.41) is 0. The molecule has 1 atom stereocenters. The minimum Gasteiger partial charge on any atom is -0.483 e. The van der Waals surface area contributed by atoms with Gasteiger partial charge in [-0.05, 0) is 48.7 Å². The number of carbonyl (C=O) groups is 2. The van der Waals surface area contributed by atoms with E-state index in [1.807, 2.05) is 13.8 Å². The molecule has 33 heavy (non-hydrogen) atoms. The van der Waals surface area contributed by atoms with Crippen molar-refractivity contribution in [2.75, 3.05) is 31.7 Å². The summed E-state index contributed by atoms with van der Waals surface area (Å²) < 4.78 is 43.5. The van der Waals surface area contributed by atoms with E-state index in [9.17, 15) is 18.0 Å². The van der Waals surface area contributed by atoms with Gasteiger partial charge in [0.25, 0.3) is 5.91 Å². The SMILES string of the molecule is COC(=O)C1CN(C(=O)COc2ccc(S(=O)(=O)NCC(C)C)cc2C)c2ccccc2O1. The molecule has 1 aliphatic heterocycles. The number of nitrogens with zero attached hydrogens (tertiary/aromatic N) is 1. The van der Waals surface area contributed by atoms with E-state index in [0.717, 1.165) is 0 Å². The maximum Gasteiger partial charge on any atom is 0.348 e. The summed E-state index contributed by atoms with van der Waals surface area (Å²) in [6, 6.07) is 11.4. The van der Waals surface area contributed by atoms with Crippen molar-refractivity contribution in [2.45, 2.75) is 31.8 Å². The van der Waals surface area contributed by atoms with E-state index in [0.29, 0.717) is 29.3 Å². The van der Waals surface area contributed by atoms with Gasteiger partial charge in [0.1, 0.15) is 11.5 Å². The second-order valence-corrected chi connectivity index (χ2v) is 9.83. The highest BCUT2D eigenvalue weighted by Crippen LogP contribution is 2.33. The van der Waals surface area contributed by atoms with E-state index in [1.54, 1.807) is 31.2 Å². The topological polar surface area (TPSA) is 111 Å². The number of para-hydroxylation sites is 2. The molecule has 10 heteroatoms. The Morgan fingerprint density at radius 2 is 1.94 bits per heavy atom. The molecular weight excluding hydrogens is 448 g/mol. The molecule has 0 saturated carbocycles. The Kier molecular flexibility index (Phi) is 7.60. The Balaban J connectivity index is 1.72. The van der Waals surface area contributed by atoms with Gasteiger partial charge in [0.15, 0.2) is 6.61 Å². The summed E-state index contributed by atoms with van der Waals surface area (Å²) in [5.74, 6) is -0.000704. The molecule has 2 aromatic carbocycles. The molecule has 0 spiro atoms. The number of esters is 1. The van der Waals surface area contributed by atoms with Gasteiger partial charge in [-0.15, -0.1) is 0 Å². The zero-order chi connectivity index (χ0) is 24.2. The lowest BCUT2D eigenvalue weighted by molar-refractivity contribution is -0.148. The fourth-order valence-corrected chi connectivity index (χ4v) is 4.55. The summed E-state index contributed by atoms with van der Waals surface area (Å²) in [4.78, 5) is 26.5. The van der Waals surface area contributed by atoms with E-state index in [1.165, 1.54) is 30.2 Å². The van der Waals surface area contributed by atoms with Crippen LogP contribution >= 0.6 is 0 Å². The maximum absolute atomic E-state index is 13.0. The largest absolute Gasteiger partial charge is 0.483 e. The smallest absolute Gasteiger partial charge is 0.348 e. The molecule has 1 amide bonds. The average molecular weight is 477 g/mol. The van der Waals surface area contributed by atoms with Crippen molar-refractivity contribution >= 4 is 27.6 Å². The van der Waals surface area contributed by atoms with Crippen molar-refractivity contribution in [3.63, 3.8) is 0 Å². The number of hydrogen-bond donors (Lipinski definition) is 1. The van der Waals surface area contributed by atoms with Crippen molar-refractivity contribution < 1.29 is 32.2 Å². The molecule has 0 aromatic heterocycles. The van der Waals surface area contributed by atoms with Crippen molar-refractivity contribution in [2.24, 2.45) is 5.92 Å². The van der Waals surface area contributed by atoms with Crippen LogP contribution in [0.4, 0.5) is 5.69 Å². The molecule has 0 radical (unpaired) electrons. The third-order valence-corrected chi connectivity index (χ3v) is 6.45. The first-order chi connectivity index (χ1) is 15.6. The standard InChI is InChI=1S/C23H28N2O7S/c1-15(2)12-24-33(28,29)17-9-10-19(16(3)11-17)31-14-22(26)25-13-21(23(27)30-4)32-20-8-6-5-7-18(20)25/h5-11,15,21,24H,12-14H2,1-4H3. The predicted molar refractivity (Wildman–Crippen MR) is 122 cm³/mol. The van der Waals surface area contributed by atoms with Crippen LogP contribution in [0.2, 0.25) is 0 Å². The number of aryl methyl sites for hydroxylation is 1. The van der Waals surface area contributed by atoms with Crippen LogP contribution in [0, 0.1) is 12.8 Å². The van der Waals surface area contributed by atoms with Crippen LogP contribution < -0.4 is 19.1 Å². The number of nitrogens with one attached hydrogen (secondary N) is 1. The van der Waals surface area contributed by atoms with E-state index in [-0.39, 0.29) is 29.9 Å². The number of fused-ring (bicyclic) bond motifs is 1. The molecule has 1 aliphatic rings. The molecule has 0 aliphatic carbocycles. The van der Waals surface area contributed by atoms with Crippen molar-refractivity contribution in [1.29, 1.82) is 0 Å². The van der Waals surface area contributed by atoms with Gasteiger partial charge < -0.3 is 19.1 Å². The first kappa shape index (κ1) is 24.5. The summed E-state index contributed by atoms with van der Waals surface area (Å²) in [6.45, 7) is 5.56. The summed E-state index contributed by atoms with van der Waals surface area (Å²) in [7, 11) is -2.38. The normalized spacial score (nSPS) is 15.5. The fourth-order valence-electron chi connectivity index (χ4n) is 3.25. The molecular formula is C23H28N2O7S. The van der Waals surface area contributed by atoms with E-state index in [4.69, 9.17) is 14.2 Å². The third kappa shape index (κ3) is 5.82. The van der Waals surface area contributed by atoms with Crippen LogP contribution in [0.1, 0.15) is 19.4 Å². The van der Waals surface area contributed by atoms with Crippen LogP contribution in [0.5, 0.6) is 11.5 Å². The third-order valence-electron chi connectivity index (χ3n) is 5.03. The second kappa shape index (κ2) is 10.2. The number of rotatable bonds is 8. The lowest BCUT2D eigenvalue weighted by Gasteiger charge is -2.33. The number of carbonyl (C=O) groups excluding carboxylic acids is 2. The number of ether oxygens (including phenoxy) is 3. The van der Waals surface area contributed by atoms with Gasteiger partial charge in [0, 0.05) is 6.54 Å². The lowest BCUT2D eigenvalue weighted by Crippen LogP contribution is -2.48. The zero-order valence-corrected chi connectivity index (χ0v) is 19.8. The molecule has 2 aromatic rings. The Morgan fingerprint density at radius 3 is 2.61 bits per heavy atom. The van der Waals surface area contributed by atoms with Gasteiger partial charge in [-0.3, -0.25) is 4.79 Å². The van der Waals surface area contributed by atoms with Gasteiger partial charge in [0.2, 0.25) is 16.1 Å². The van der Waals surface area contributed by atoms with Gasteiger partial charge in [0.05, 0.1) is 24.2 Å². The fraction of sp³-hybridized carbons (Fsp3) is 0.391. The first-order valence-electron chi connectivity index (χ1n) is 10.5. The number of benzene rings is 2. The van der Waals surface area contributed by atoms with Crippen LogP contribution in [0.3, 0.4) is 0 Å². The molecule has 1 N–H and O–H groups in total. The Labute approximate surface area is 193 Å². The van der Waals surface area contributed by atoms with E-state index < -0.39 is 22.1 Å². The van der Waals surface area contributed by atoms with Gasteiger partial charge >= 0.3 is 5.97 Å². The minimum absolute atomic E-state index is 0.0104. The number of hydrogen-bond acceptors (Lipinski definition) is 7. The first-order valence-corrected chi connectivity index (χ1v) is 12.0. The summed E-state index contributed by atoms with van der Waals surface area (Å²) >= 11 is 0. The highest BCUT2D eigenvalue weighted by molar-refractivity contribution is 7.89. The highest BCUT2D eigenvalue weighted by Gasteiger charge is 2.34. The van der Waals surface area contributed by atoms with Crippen molar-refractivity contribution in [3.8, 4) is 11.5 Å². The maximum atomic E-state index is 13.0. The predicted octanol–water partition coefficient (Wildman–Crippen LogP) is 2.28. The summed E-state index contributed by atoms with van der Waals surface area (Å²) in [6.07, 6.45) is -0.946. The molecule has 178 valence electrons. The molecule has 0 fully saturated rings. The zero-order valence-electron chi connectivity index (χ0n) is 19.0. The Hall–Kier alpha value is -3.11. The molecule has 3 rings (SSSR count). The summed E-state index contributed by atoms with van der Waals surface area (Å²) in [5.41, 5.74) is 1.10. The van der Waals surface area contributed by atoms with Crippen molar-refractivity contribution in [1.82, 2.24) is 4.72 Å². The molecule has 0 saturated heterocycles. The monoisotopic (exact) mass is 476 g/mol. The van der Waals surface area contributed by atoms with Crippen LogP contribution in [0.15, 0.2) is 47.4 Å². The number of anilines is 1. The molecule has 1 heterocycles. The molecule has 1 unspecified atom stereocenters. The van der Waals surface area contributed by atoms with Gasteiger partial charge in [-0.2, -0.15) is 0 Å². The van der Waals surface area contributed by atoms with Crippen LogP contribution in [0.25, 0.3) is 0 Å². The molecule has 0 bridgehead atoms. The van der Waals surface area contributed by atoms with Gasteiger partial charge in [-0.25, -0.2) is 17.9 Å². The second-order valence-electron chi connectivity index (χ2n) is 8.06. The van der Waals surface area contributed by atoms with E-state index in [2.05, 4.69) is 4.72 Å². The lowest BCUT2D eigenvalue weighted by atomic mass is 10.2. The quantitative estimate of drug-likeness (QED) is 0.582. The number of methoxy groups -OCH3 is 1. The number of sulfonamides is 1. The average Bonchev–Trinajstić information content (AvgIpc) is 2.80. The highest BCUT2D eigenvalue weighted by atomic mass is 32.2. The van der Waals surface area contributed by atoms with E-state index >= 15 is 0 Å². The van der Waals surface area contributed by atoms with Gasteiger partial charge in [-0.1, -0.05) is 26.0 Å². The Morgan fingerprint density at radius 1 is 1.21 bits per heavy atom. The number of amides is 1. The molecule has 9 nitrogen and oxygen atoms in total. The Bertz CT molecular complexity index is 1130. The minimum atomic E-state index is -3.63.